The van der Waals surface area contributed by atoms with E-state index in [0.29, 0.717) is 16.5 Å². The van der Waals surface area contributed by atoms with Crippen molar-refractivity contribution >= 4 is 23.2 Å². The van der Waals surface area contributed by atoms with Gasteiger partial charge in [0.25, 0.3) is 0 Å². The van der Waals surface area contributed by atoms with E-state index in [9.17, 15) is 4.79 Å². The molecule has 4 nitrogen and oxygen atoms in total. The van der Waals surface area contributed by atoms with Crippen LogP contribution in [0.1, 0.15) is 13.8 Å². The molecule has 5 heteroatoms. The molecule has 0 bridgehead atoms. The normalized spacial score (nSPS) is 10.5. The highest BCUT2D eigenvalue weighted by Gasteiger charge is 2.27. The molecule has 1 N–H and O–H groups in total. The van der Waals surface area contributed by atoms with Gasteiger partial charge in [-0.25, -0.2) is 0 Å². The van der Waals surface area contributed by atoms with Crippen LogP contribution < -0.4 is 10.1 Å². The molecule has 0 radical (unpaired) electrons. The van der Waals surface area contributed by atoms with Gasteiger partial charge < -0.3 is 10.1 Å². The first-order valence-electron chi connectivity index (χ1n) is 4.97. The Morgan fingerprint density at radius 2 is 2.18 bits per heavy atom. The van der Waals surface area contributed by atoms with Crippen molar-refractivity contribution in [2.24, 2.45) is 5.41 Å². The van der Waals surface area contributed by atoms with Gasteiger partial charge in [0.15, 0.2) is 0 Å². The summed E-state index contributed by atoms with van der Waals surface area (Å²) in [6.45, 7) is 3.08. The van der Waals surface area contributed by atoms with Crippen molar-refractivity contribution in [2.75, 3.05) is 12.4 Å². The second-order valence-electron chi connectivity index (χ2n) is 4.04. The Hall–Kier alpha value is -1.73. The SMILES string of the molecule is COc1ccc(Cl)cc1NC(=O)C(C)(C)C#N. The summed E-state index contributed by atoms with van der Waals surface area (Å²) in [5, 5.41) is 12.0. The Balaban J connectivity index is 3.00. The monoisotopic (exact) mass is 252 g/mol. The molecule has 0 unspecified atom stereocenters. The fraction of sp³-hybridized carbons (Fsp3) is 0.333. The van der Waals surface area contributed by atoms with E-state index in [1.165, 1.54) is 7.11 Å². The van der Waals surface area contributed by atoms with Crippen LogP contribution in [0.5, 0.6) is 5.75 Å². The third kappa shape index (κ3) is 3.11. The first-order chi connectivity index (χ1) is 7.90. The fourth-order valence-electron chi connectivity index (χ4n) is 1.11. The van der Waals surface area contributed by atoms with Crippen LogP contribution >= 0.6 is 11.6 Å². The third-order valence-corrected chi connectivity index (χ3v) is 2.49. The smallest absolute Gasteiger partial charge is 0.244 e. The van der Waals surface area contributed by atoms with Crippen molar-refractivity contribution in [3.8, 4) is 11.8 Å². The Morgan fingerprint density at radius 3 is 2.71 bits per heavy atom. The van der Waals surface area contributed by atoms with Crippen molar-refractivity contribution in [1.82, 2.24) is 0 Å². The lowest BCUT2D eigenvalue weighted by Crippen LogP contribution is -2.29. The molecule has 0 fully saturated rings. The number of nitrogens with one attached hydrogen (secondary N) is 1. The Bertz CT molecular complexity index is 478. The Kier molecular flexibility index (Phi) is 3.97. The molecule has 1 amide bonds. The van der Waals surface area contributed by atoms with Crippen LogP contribution in [0, 0.1) is 16.7 Å². The maximum atomic E-state index is 11.8. The number of carbonyl (C=O) groups is 1. The van der Waals surface area contributed by atoms with Crippen molar-refractivity contribution in [3.05, 3.63) is 23.2 Å². The molecule has 1 aromatic carbocycles. The number of amides is 1. The number of benzene rings is 1. The minimum Gasteiger partial charge on any atom is -0.495 e. The minimum absolute atomic E-state index is 0.402. The highest BCUT2D eigenvalue weighted by atomic mass is 35.5. The van der Waals surface area contributed by atoms with E-state index in [1.54, 1.807) is 32.0 Å². The summed E-state index contributed by atoms with van der Waals surface area (Å²) in [5.41, 5.74) is -0.652. The van der Waals surface area contributed by atoms with E-state index in [4.69, 9.17) is 21.6 Å². The molecule has 1 rings (SSSR count). The van der Waals surface area contributed by atoms with Crippen LogP contribution in [0.25, 0.3) is 0 Å². The lowest BCUT2D eigenvalue weighted by Gasteiger charge is -2.16. The predicted octanol–water partition coefficient (Wildman–Crippen LogP) is 2.84. The van der Waals surface area contributed by atoms with Crippen molar-refractivity contribution < 1.29 is 9.53 Å². The van der Waals surface area contributed by atoms with Crippen molar-refractivity contribution in [1.29, 1.82) is 5.26 Å². The van der Waals surface area contributed by atoms with Gasteiger partial charge >= 0.3 is 0 Å². The molecule has 0 aliphatic heterocycles. The Labute approximate surface area is 105 Å². The van der Waals surface area contributed by atoms with Crippen LogP contribution in [0.15, 0.2) is 18.2 Å². The van der Waals surface area contributed by atoms with Crippen LogP contribution in [0.4, 0.5) is 5.69 Å². The van der Waals surface area contributed by atoms with Gasteiger partial charge in [0.05, 0.1) is 18.9 Å². The maximum absolute atomic E-state index is 11.8. The van der Waals surface area contributed by atoms with Crippen LogP contribution in [-0.2, 0) is 4.79 Å². The molecule has 0 aromatic heterocycles. The van der Waals surface area contributed by atoms with E-state index in [-0.39, 0.29) is 0 Å². The van der Waals surface area contributed by atoms with Crippen molar-refractivity contribution in [3.63, 3.8) is 0 Å². The first-order valence-corrected chi connectivity index (χ1v) is 5.35. The quantitative estimate of drug-likeness (QED) is 0.900. The summed E-state index contributed by atoms with van der Waals surface area (Å²) in [5.74, 6) is 0.0945. The zero-order valence-electron chi connectivity index (χ0n) is 9.87. The summed E-state index contributed by atoms with van der Waals surface area (Å²) in [6, 6.07) is 6.81. The number of hydrogen-bond donors (Lipinski definition) is 1. The molecule has 0 atom stereocenters. The second kappa shape index (κ2) is 5.07. The van der Waals surface area contributed by atoms with E-state index in [2.05, 4.69) is 5.32 Å². The molecule has 0 saturated carbocycles. The lowest BCUT2D eigenvalue weighted by molar-refractivity contribution is -0.121. The molecule has 0 heterocycles. The molecular formula is C12H13ClN2O2. The number of halogens is 1. The van der Waals surface area contributed by atoms with Crippen LogP contribution in [0.3, 0.4) is 0 Å². The van der Waals surface area contributed by atoms with Crippen LogP contribution in [0.2, 0.25) is 5.02 Å². The van der Waals surface area contributed by atoms with Gasteiger partial charge in [0.2, 0.25) is 5.91 Å². The first kappa shape index (κ1) is 13.3. The van der Waals surface area contributed by atoms with Gasteiger partial charge in [-0.2, -0.15) is 5.26 Å². The minimum atomic E-state index is -1.10. The molecule has 0 saturated heterocycles. The zero-order valence-corrected chi connectivity index (χ0v) is 10.6. The van der Waals surface area contributed by atoms with E-state index < -0.39 is 11.3 Å². The topological polar surface area (TPSA) is 62.1 Å². The largest absolute Gasteiger partial charge is 0.495 e. The number of hydrogen-bond acceptors (Lipinski definition) is 3. The van der Waals surface area contributed by atoms with Crippen molar-refractivity contribution in [2.45, 2.75) is 13.8 Å². The van der Waals surface area contributed by atoms with Gasteiger partial charge in [0.1, 0.15) is 11.2 Å². The van der Waals surface area contributed by atoms with Gasteiger partial charge in [0, 0.05) is 5.02 Å². The fourth-order valence-corrected chi connectivity index (χ4v) is 1.28. The van der Waals surface area contributed by atoms with E-state index in [0.717, 1.165) is 0 Å². The molecule has 1 aromatic rings. The lowest BCUT2D eigenvalue weighted by atomic mass is 9.94. The number of rotatable bonds is 3. The average Bonchev–Trinajstić information content (AvgIpc) is 2.29. The highest BCUT2D eigenvalue weighted by Crippen LogP contribution is 2.29. The maximum Gasteiger partial charge on any atom is 0.244 e. The zero-order chi connectivity index (χ0) is 13.1. The molecule has 0 aliphatic rings. The second-order valence-corrected chi connectivity index (χ2v) is 4.47. The molecule has 0 aliphatic carbocycles. The van der Waals surface area contributed by atoms with E-state index >= 15 is 0 Å². The number of methoxy groups -OCH3 is 1. The van der Waals surface area contributed by atoms with Gasteiger partial charge in [-0.3, -0.25) is 4.79 Å². The molecule has 90 valence electrons. The number of carbonyl (C=O) groups excluding carboxylic acids is 1. The van der Waals surface area contributed by atoms with Gasteiger partial charge in [-0.05, 0) is 32.0 Å². The summed E-state index contributed by atoms with van der Waals surface area (Å²) < 4.78 is 5.09. The number of nitriles is 1. The van der Waals surface area contributed by atoms with Crippen LogP contribution in [-0.4, -0.2) is 13.0 Å². The molecule has 17 heavy (non-hydrogen) atoms. The average molecular weight is 253 g/mol. The third-order valence-electron chi connectivity index (χ3n) is 2.26. The summed E-state index contributed by atoms with van der Waals surface area (Å²) in [7, 11) is 1.49. The number of nitrogens with zero attached hydrogens (tertiary/aromatic N) is 1. The molecule has 0 spiro atoms. The summed E-state index contributed by atoms with van der Waals surface area (Å²) >= 11 is 5.83. The predicted molar refractivity (Wildman–Crippen MR) is 66.0 cm³/mol. The van der Waals surface area contributed by atoms with Gasteiger partial charge in [-0.15, -0.1) is 0 Å². The van der Waals surface area contributed by atoms with Gasteiger partial charge in [-0.1, -0.05) is 11.6 Å². The highest BCUT2D eigenvalue weighted by molar-refractivity contribution is 6.31. The summed E-state index contributed by atoms with van der Waals surface area (Å²) in [6.07, 6.45) is 0. The number of anilines is 1. The number of ether oxygens (including phenoxy) is 1. The van der Waals surface area contributed by atoms with E-state index in [1.807, 2.05) is 6.07 Å². The summed E-state index contributed by atoms with van der Waals surface area (Å²) in [4.78, 5) is 11.8. The molecular weight excluding hydrogens is 240 g/mol. The Morgan fingerprint density at radius 1 is 1.53 bits per heavy atom. The standard InChI is InChI=1S/C12H13ClN2O2/c1-12(2,7-14)11(16)15-9-6-8(13)4-5-10(9)17-3/h4-6H,1-3H3,(H,15,16).